The van der Waals surface area contributed by atoms with Crippen LogP contribution in [0.1, 0.15) is 18.9 Å². The molecule has 1 aliphatic rings. The van der Waals surface area contributed by atoms with Gasteiger partial charge in [0.25, 0.3) is 0 Å². The summed E-state index contributed by atoms with van der Waals surface area (Å²) in [6.45, 7) is 1.76. The molecule has 2 N–H and O–H groups in total. The van der Waals surface area contributed by atoms with Crippen LogP contribution in [0.4, 0.5) is 0 Å². The molecule has 0 saturated carbocycles. The lowest BCUT2D eigenvalue weighted by molar-refractivity contribution is -0.124. The average molecular weight is 454 g/mol. The van der Waals surface area contributed by atoms with Crippen molar-refractivity contribution >= 4 is 39.8 Å². The largest absolute Gasteiger partial charge is 0.333 e. The second-order valence-corrected chi connectivity index (χ2v) is 9.49. The van der Waals surface area contributed by atoms with Crippen molar-refractivity contribution in [2.24, 2.45) is 0 Å². The third-order valence-corrected chi connectivity index (χ3v) is 7.58. The molecule has 1 fully saturated rings. The van der Waals surface area contributed by atoms with Crippen molar-refractivity contribution in [3.05, 3.63) is 65.2 Å². The summed E-state index contributed by atoms with van der Waals surface area (Å²) in [6, 6.07) is 16.6. The van der Waals surface area contributed by atoms with E-state index in [1.165, 1.54) is 12.1 Å². The van der Waals surface area contributed by atoms with E-state index in [1.54, 1.807) is 43.3 Å². The van der Waals surface area contributed by atoms with Crippen LogP contribution >= 0.6 is 24.0 Å². The van der Waals surface area contributed by atoms with Gasteiger partial charge in [0.2, 0.25) is 5.91 Å². The number of nitrogens with one attached hydrogen (secondary N) is 2. The van der Waals surface area contributed by atoms with Crippen LogP contribution in [0.15, 0.2) is 59.5 Å². The molecule has 1 saturated heterocycles. The second-order valence-electron chi connectivity index (χ2n) is 6.89. The molecule has 0 bridgehead atoms. The van der Waals surface area contributed by atoms with Crippen LogP contribution in [0.25, 0.3) is 0 Å². The highest BCUT2D eigenvalue weighted by atomic mass is 35.5. The van der Waals surface area contributed by atoms with Gasteiger partial charge in [-0.1, -0.05) is 54.1 Å². The predicted octanol–water partition coefficient (Wildman–Crippen LogP) is 2.82. The molecule has 1 heterocycles. The maximum Gasteiger partial charge on any atom is 0.238 e. The molecule has 0 aromatic heterocycles. The SMILES string of the molecule is CC(C#N)(NC(=O)[C@@H]1C[C@@H](S(=O)(=O)c2ccccc2Cl)CN1)c1ccccc1.Cl. The summed E-state index contributed by atoms with van der Waals surface area (Å²) in [5, 5.41) is 14.7. The van der Waals surface area contributed by atoms with Crippen molar-refractivity contribution in [1.82, 2.24) is 10.6 Å². The first-order chi connectivity index (χ1) is 13.3. The van der Waals surface area contributed by atoms with Crippen molar-refractivity contribution in [3.63, 3.8) is 0 Å². The maximum atomic E-state index is 12.9. The lowest BCUT2D eigenvalue weighted by Gasteiger charge is -2.25. The summed E-state index contributed by atoms with van der Waals surface area (Å²) >= 11 is 6.04. The van der Waals surface area contributed by atoms with Gasteiger partial charge in [0.05, 0.1) is 27.3 Å². The summed E-state index contributed by atoms with van der Waals surface area (Å²) in [6.07, 6.45) is 0.107. The van der Waals surface area contributed by atoms with Crippen molar-refractivity contribution in [2.45, 2.75) is 35.1 Å². The van der Waals surface area contributed by atoms with Gasteiger partial charge in [0.1, 0.15) is 5.54 Å². The summed E-state index contributed by atoms with van der Waals surface area (Å²) in [5.74, 6) is -0.412. The number of hydrogen-bond acceptors (Lipinski definition) is 5. The van der Waals surface area contributed by atoms with Crippen LogP contribution in [-0.2, 0) is 20.2 Å². The number of carbonyl (C=O) groups is 1. The van der Waals surface area contributed by atoms with E-state index in [9.17, 15) is 18.5 Å². The lowest BCUT2D eigenvalue weighted by atomic mass is 9.93. The van der Waals surface area contributed by atoms with Crippen molar-refractivity contribution in [3.8, 4) is 6.07 Å². The van der Waals surface area contributed by atoms with Crippen LogP contribution < -0.4 is 10.6 Å². The number of sulfone groups is 1. The normalized spacial score (nSPS) is 20.7. The zero-order valence-corrected chi connectivity index (χ0v) is 18.0. The first-order valence-electron chi connectivity index (χ1n) is 8.78. The Balaban J connectivity index is 0.00000300. The van der Waals surface area contributed by atoms with Gasteiger partial charge < -0.3 is 10.6 Å². The molecule has 29 heavy (non-hydrogen) atoms. The quantitative estimate of drug-likeness (QED) is 0.724. The third-order valence-electron chi connectivity index (χ3n) is 4.94. The van der Waals surface area contributed by atoms with Crippen molar-refractivity contribution in [2.75, 3.05) is 6.54 Å². The smallest absolute Gasteiger partial charge is 0.238 e. The Labute approximate surface area is 181 Å². The average Bonchev–Trinajstić information content (AvgIpc) is 3.20. The van der Waals surface area contributed by atoms with Gasteiger partial charge in [-0.15, -0.1) is 12.4 Å². The van der Waals surface area contributed by atoms with Gasteiger partial charge in [0.15, 0.2) is 9.84 Å². The molecule has 0 aliphatic carbocycles. The van der Waals surface area contributed by atoms with Gasteiger partial charge in [-0.05, 0) is 31.0 Å². The minimum atomic E-state index is -3.68. The monoisotopic (exact) mass is 453 g/mol. The van der Waals surface area contributed by atoms with Crippen LogP contribution in [0.2, 0.25) is 5.02 Å². The molecule has 0 spiro atoms. The predicted molar refractivity (Wildman–Crippen MR) is 114 cm³/mol. The fraction of sp³-hybridized carbons (Fsp3) is 0.300. The zero-order chi connectivity index (χ0) is 20.4. The van der Waals surface area contributed by atoms with Gasteiger partial charge in [-0.3, -0.25) is 4.79 Å². The number of nitrogens with zero attached hydrogens (tertiary/aromatic N) is 1. The molecule has 154 valence electrons. The fourth-order valence-electron chi connectivity index (χ4n) is 3.26. The molecule has 2 aromatic carbocycles. The molecular formula is C20H21Cl2N3O3S. The van der Waals surface area contributed by atoms with Crippen LogP contribution in [-0.4, -0.2) is 32.2 Å². The molecule has 1 unspecified atom stereocenters. The highest BCUT2D eigenvalue weighted by Crippen LogP contribution is 2.29. The molecule has 3 rings (SSSR count). The molecule has 2 aromatic rings. The molecular weight excluding hydrogens is 433 g/mol. The van der Waals surface area contributed by atoms with E-state index < -0.39 is 32.6 Å². The molecule has 0 radical (unpaired) electrons. The van der Waals surface area contributed by atoms with Crippen LogP contribution in [0.5, 0.6) is 0 Å². The number of halogens is 2. The zero-order valence-electron chi connectivity index (χ0n) is 15.6. The molecule has 3 atom stereocenters. The lowest BCUT2D eigenvalue weighted by Crippen LogP contribution is -2.49. The Hall–Kier alpha value is -2.11. The van der Waals surface area contributed by atoms with Crippen molar-refractivity contribution < 1.29 is 13.2 Å². The minimum Gasteiger partial charge on any atom is -0.333 e. The number of amides is 1. The minimum absolute atomic E-state index is 0. The van der Waals surface area contributed by atoms with Crippen molar-refractivity contribution in [1.29, 1.82) is 5.26 Å². The Kier molecular flexibility index (Phi) is 7.30. The van der Waals surface area contributed by atoms with Gasteiger partial charge in [-0.2, -0.15) is 5.26 Å². The standard InChI is InChI=1S/C20H20ClN3O3S.ClH/c1-20(13-22,14-7-3-2-4-8-14)24-19(25)17-11-15(12-23-17)28(26,27)18-10-6-5-9-16(18)21;/h2-10,15,17,23H,11-12H2,1H3,(H,24,25);1H/t15-,17+,20?;/m1./s1. The number of rotatable bonds is 5. The van der Waals surface area contributed by atoms with Crippen LogP contribution in [0, 0.1) is 11.3 Å². The third kappa shape index (κ3) is 4.73. The summed E-state index contributed by atoms with van der Waals surface area (Å²) in [5.41, 5.74) is -0.552. The van der Waals surface area contributed by atoms with E-state index in [1.807, 2.05) is 6.07 Å². The Morgan fingerprint density at radius 2 is 1.83 bits per heavy atom. The fourth-order valence-corrected chi connectivity index (χ4v) is 5.45. The highest BCUT2D eigenvalue weighted by molar-refractivity contribution is 7.92. The Morgan fingerprint density at radius 3 is 2.45 bits per heavy atom. The second kappa shape index (κ2) is 9.14. The van der Waals surface area contributed by atoms with E-state index in [0.29, 0.717) is 5.56 Å². The highest BCUT2D eigenvalue weighted by Gasteiger charge is 2.40. The number of hydrogen-bond donors (Lipinski definition) is 2. The van der Waals surface area contributed by atoms with Gasteiger partial charge in [-0.25, -0.2) is 8.42 Å². The first kappa shape index (κ1) is 23.2. The van der Waals surface area contributed by atoms with Gasteiger partial charge >= 0.3 is 0 Å². The number of benzene rings is 2. The Bertz CT molecular complexity index is 1020. The van der Waals surface area contributed by atoms with E-state index >= 15 is 0 Å². The summed E-state index contributed by atoms with van der Waals surface area (Å²) < 4.78 is 25.8. The molecule has 9 heteroatoms. The summed E-state index contributed by atoms with van der Waals surface area (Å²) in [7, 11) is -3.68. The first-order valence-corrected chi connectivity index (χ1v) is 10.7. The number of carbonyl (C=O) groups excluding carboxylic acids is 1. The van der Waals surface area contributed by atoms with E-state index in [4.69, 9.17) is 11.6 Å². The Morgan fingerprint density at radius 1 is 1.21 bits per heavy atom. The maximum absolute atomic E-state index is 12.9. The summed E-state index contributed by atoms with van der Waals surface area (Å²) in [4.78, 5) is 12.8. The van der Waals surface area contributed by atoms with Crippen LogP contribution in [0.3, 0.4) is 0 Å². The molecule has 6 nitrogen and oxygen atoms in total. The topological polar surface area (TPSA) is 99.1 Å². The van der Waals surface area contributed by atoms with E-state index in [0.717, 1.165) is 0 Å². The number of nitriles is 1. The molecule has 1 amide bonds. The molecule has 1 aliphatic heterocycles. The van der Waals surface area contributed by atoms with E-state index in [-0.39, 0.29) is 35.3 Å². The van der Waals surface area contributed by atoms with E-state index in [2.05, 4.69) is 16.7 Å². The van der Waals surface area contributed by atoms with Gasteiger partial charge in [0, 0.05) is 6.54 Å².